The number of hydrogen-bond acceptors (Lipinski definition) is 4. The molecule has 0 amide bonds. The van der Waals surface area contributed by atoms with Gasteiger partial charge in [0.25, 0.3) is 10.0 Å². The number of halogens is 1. The van der Waals surface area contributed by atoms with E-state index >= 15 is 0 Å². The van der Waals surface area contributed by atoms with Crippen molar-refractivity contribution in [1.29, 1.82) is 0 Å². The largest absolute Gasteiger partial charge is 0.492 e. The fourth-order valence-electron chi connectivity index (χ4n) is 2.47. The lowest BCUT2D eigenvalue weighted by atomic mass is 10.2. The Morgan fingerprint density at radius 1 is 1.26 bits per heavy atom. The average molecular weight is 398 g/mol. The molecule has 0 spiro atoms. The van der Waals surface area contributed by atoms with E-state index in [4.69, 9.17) is 9.47 Å². The summed E-state index contributed by atoms with van der Waals surface area (Å²) in [5.74, 6) is 0.912. The minimum atomic E-state index is -3.75. The molecule has 0 bridgehead atoms. The molecule has 0 fully saturated rings. The molecule has 1 heterocycles. The second-order valence-electron chi connectivity index (χ2n) is 4.92. The highest BCUT2D eigenvalue weighted by atomic mass is 79.9. The maximum absolute atomic E-state index is 13.2. The van der Waals surface area contributed by atoms with Crippen molar-refractivity contribution in [1.82, 2.24) is 0 Å². The first-order valence-corrected chi connectivity index (χ1v) is 9.44. The van der Waals surface area contributed by atoms with E-state index in [9.17, 15) is 8.42 Å². The van der Waals surface area contributed by atoms with Crippen LogP contribution in [0.25, 0.3) is 0 Å². The monoisotopic (exact) mass is 397 g/mol. The van der Waals surface area contributed by atoms with Crippen LogP contribution in [0.1, 0.15) is 6.92 Å². The number of hydrogen-bond donors (Lipinski definition) is 0. The summed E-state index contributed by atoms with van der Waals surface area (Å²) in [5.41, 5.74) is 0.543. The Hall–Kier alpha value is -1.73. The Kier molecular flexibility index (Phi) is 4.50. The normalized spacial score (nSPS) is 14.1. The van der Waals surface area contributed by atoms with E-state index in [1.807, 2.05) is 13.0 Å². The molecule has 1 aliphatic heterocycles. The van der Waals surface area contributed by atoms with Crippen LogP contribution < -0.4 is 13.8 Å². The highest BCUT2D eigenvalue weighted by Gasteiger charge is 2.32. The van der Waals surface area contributed by atoms with Gasteiger partial charge in [-0.05, 0) is 37.3 Å². The molecule has 23 heavy (non-hydrogen) atoms. The molecule has 0 saturated heterocycles. The maximum atomic E-state index is 13.2. The van der Waals surface area contributed by atoms with Crippen LogP contribution in [0.15, 0.2) is 51.8 Å². The summed E-state index contributed by atoms with van der Waals surface area (Å²) in [4.78, 5) is 0.144. The summed E-state index contributed by atoms with van der Waals surface area (Å²) < 4.78 is 39.4. The molecule has 3 rings (SSSR count). The lowest BCUT2D eigenvalue weighted by molar-refractivity contribution is 0.315. The molecule has 122 valence electrons. The first-order chi connectivity index (χ1) is 11.0. The van der Waals surface area contributed by atoms with E-state index in [1.165, 1.54) is 4.31 Å². The number of rotatable bonds is 4. The van der Waals surface area contributed by atoms with Crippen LogP contribution in [-0.4, -0.2) is 28.2 Å². The number of nitrogens with zero attached hydrogens (tertiary/aromatic N) is 1. The van der Waals surface area contributed by atoms with E-state index in [1.54, 1.807) is 36.4 Å². The van der Waals surface area contributed by atoms with E-state index in [0.717, 1.165) is 0 Å². The fourth-order valence-corrected chi connectivity index (χ4v) is 4.60. The number of anilines is 1. The van der Waals surface area contributed by atoms with Crippen molar-refractivity contribution in [2.24, 2.45) is 0 Å². The van der Waals surface area contributed by atoms with E-state index in [-0.39, 0.29) is 11.4 Å². The predicted molar refractivity (Wildman–Crippen MR) is 91.8 cm³/mol. The van der Waals surface area contributed by atoms with Gasteiger partial charge in [0, 0.05) is 4.47 Å². The third-order valence-corrected chi connectivity index (χ3v) is 5.79. The Labute approximate surface area is 144 Å². The van der Waals surface area contributed by atoms with Gasteiger partial charge in [-0.3, -0.25) is 4.31 Å². The Morgan fingerprint density at radius 3 is 2.83 bits per heavy atom. The zero-order valence-electron chi connectivity index (χ0n) is 12.5. The van der Waals surface area contributed by atoms with Crippen LogP contribution in [0.3, 0.4) is 0 Å². The molecule has 7 heteroatoms. The summed E-state index contributed by atoms with van der Waals surface area (Å²) in [5, 5.41) is 0. The topological polar surface area (TPSA) is 55.8 Å². The van der Waals surface area contributed by atoms with Crippen LogP contribution in [0, 0.1) is 0 Å². The van der Waals surface area contributed by atoms with Crippen molar-refractivity contribution in [2.75, 3.05) is 24.1 Å². The quantitative estimate of drug-likeness (QED) is 0.792. The highest BCUT2D eigenvalue weighted by Crippen LogP contribution is 2.37. The minimum Gasteiger partial charge on any atom is -0.492 e. The molecular formula is C16H16BrNO4S. The number of para-hydroxylation sites is 2. The lowest BCUT2D eigenvalue weighted by Gasteiger charge is -2.30. The first kappa shape index (κ1) is 16.1. The van der Waals surface area contributed by atoms with Gasteiger partial charge < -0.3 is 9.47 Å². The molecule has 5 nitrogen and oxygen atoms in total. The van der Waals surface area contributed by atoms with E-state index in [0.29, 0.717) is 34.9 Å². The van der Waals surface area contributed by atoms with E-state index in [2.05, 4.69) is 15.9 Å². The lowest BCUT2D eigenvalue weighted by Crippen LogP contribution is -2.38. The summed E-state index contributed by atoms with van der Waals surface area (Å²) in [6.45, 7) is 2.79. The number of benzene rings is 2. The van der Waals surface area contributed by atoms with Crippen molar-refractivity contribution in [3.8, 4) is 11.5 Å². The zero-order valence-corrected chi connectivity index (χ0v) is 14.9. The second kappa shape index (κ2) is 6.41. The van der Waals surface area contributed by atoms with E-state index < -0.39 is 10.0 Å². The van der Waals surface area contributed by atoms with Gasteiger partial charge in [-0.15, -0.1) is 0 Å². The molecule has 0 aromatic heterocycles. The van der Waals surface area contributed by atoms with Gasteiger partial charge >= 0.3 is 0 Å². The van der Waals surface area contributed by atoms with Gasteiger partial charge in [-0.2, -0.15) is 0 Å². The molecule has 0 saturated carbocycles. The molecule has 0 atom stereocenters. The highest BCUT2D eigenvalue weighted by molar-refractivity contribution is 9.10. The summed E-state index contributed by atoms with van der Waals surface area (Å²) in [6, 6.07) is 12.1. The summed E-state index contributed by atoms with van der Waals surface area (Å²) in [7, 11) is -3.75. The van der Waals surface area contributed by atoms with Crippen LogP contribution in [0.2, 0.25) is 0 Å². The molecule has 2 aromatic carbocycles. The van der Waals surface area contributed by atoms with Gasteiger partial charge in [0.2, 0.25) is 0 Å². The zero-order chi connectivity index (χ0) is 16.4. The smallest absolute Gasteiger partial charge is 0.268 e. The van der Waals surface area contributed by atoms with Crippen molar-refractivity contribution in [3.63, 3.8) is 0 Å². The van der Waals surface area contributed by atoms with Gasteiger partial charge in [0.1, 0.15) is 23.0 Å². The standard InChI is InChI=1S/C16H16BrNO4S/c1-2-21-15-8-7-12(17)11-16(15)23(19,20)18-9-10-22-14-6-4-3-5-13(14)18/h3-8,11H,2,9-10H2,1H3. The third kappa shape index (κ3) is 3.03. The van der Waals surface area contributed by atoms with Crippen molar-refractivity contribution >= 4 is 31.6 Å². The molecule has 2 aromatic rings. The molecule has 0 N–H and O–H groups in total. The Balaban J connectivity index is 2.12. The second-order valence-corrected chi connectivity index (χ2v) is 7.66. The molecule has 0 unspecified atom stereocenters. The van der Waals surface area contributed by atoms with Gasteiger partial charge in [-0.25, -0.2) is 8.42 Å². The molecule has 1 aliphatic rings. The number of ether oxygens (including phenoxy) is 2. The number of sulfonamides is 1. The van der Waals surface area contributed by atoms with Gasteiger partial charge in [-0.1, -0.05) is 28.1 Å². The summed E-state index contributed by atoms with van der Waals surface area (Å²) >= 11 is 3.33. The van der Waals surface area contributed by atoms with Crippen LogP contribution in [-0.2, 0) is 10.0 Å². The molecule has 0 radical (unpaired) electrons. The Bertz CT molecular complexity index is 823. The van der Waals surface area contributed by atoms with Crippen molar-refractivity contribution in [2.45, 2.75) is 11.8 Å². The minimum absolute atomic E-state index is 0.144. The van der Waals surface area contributed by atoms with Gasteiger partial charge in [0.05, 0.1) is 18.8 Å². The van der Waals surface area contributed by atoms with Gasteiger partial charge in [0.15, 0.2) is 0 Å². The van der Waals surface area contributed by atoms with Crippen LogP contribution >= 0.6 is 15.9 Å². The number of fused-ring (bicyclic) bond motifs is 1. The van der Waals surface area contributed by atoms with Crippen LogP contribution in [0.4, 0.5) is 5.69 Å². The molecular weight excluding hydrogens is 382 g/mol. The third-order valence-electron chi connectivity index (χ3n) is 3.46. The fraction of sp³-hybridized carbons (Fsp3) is 0.250. The van der Waals surface area contributed by atoms with Crippen molar-refractivity contribution in [3.05, 3.63) is 46.9 Å². The SMILES string of the molecule is CCOc1ccc(Br)cc1S(=O)(=O)N1CCOc2ccccc21. The first-order valence-electron chi connectivity index (χ1n) is 7.21. The van der Waals surface area contributed by atoms with Crippen LogP contribution in [0.5, 0.6) is 11.5 Å². The van der Waals surface area contributed by atoms with Crippen molar-refractivity contribution < 1.29 is 17.9 Å². The predicted octanol–water partition coefficient (Wildman–Crippen LogP) is 3.44. The molecule has 0 aliphatic carbocycles. The Morgan fingerprint density at radius 2 is 2.04 bits per heavy atom. The average Bonchev–Trinajstić information content (AvgIpc) is 2.56. The summed E-state index contributed by atoms with van der Waals surface area (Å²) in [6.07, 6.45) is 0. The maximum Gasteiger partial charge on any atom is 0.268 e.